The van der Waals surface area contributed by atoms with Crippen molar-refractivity contribution in [2.45, 2.75) is 37.9 Å². The molecular weight excluding hydrogens is 542 g/mol. The van der Waals surface area contributed by atoms with Gasteiger partial charge < -0.3 is 24.3 Å². The van der Waals surface area contributed by atoms with Gasteiger partial charge >= 0.3 is 0 Å². The van der Waals surface area contributed by atoms with Crippen molar-refractivity contribution in [1.82, 2.24) is 24.6 Å². The maximum Gasteiger partial charge on any atom is 0.262 e. The number of carbonyl (C=O) groups excluding carboxylic acids is 2. The summed E-state index contributed by atoms with van der Waals surface area (Å²) < 4.78 is 37.5. The second-order valence-corrected chi connectivity index (χ2v) is 12.4. The van der Waals surface area contributed by atoms with Gasteiger partial charge in [-0.05, 0) is 45.5 Å². The Kier molecular flexibility index (Phi) is 7.43. The molecule has 4 aliphatic rings. The first-order valence-corrected chi connectivity index (χ1v) is 14.6. The number of pyridine rings is 1. The number of ether oxygens (including phenoxy) is 1. The van der Waals surface area contributed by atoms with E-state index in [1.807, 2.05) is 0 Å². The van der Waals surface area contributed by atoms with E-state index < -0.39 is 29.1 Å². The smallest absolute Gasteiger partial charge is 0.262 e. The summed E-state index contributed by atoms with van der Waals surface area (Å²) in [7, 11) is 2.12. The molecule has 0 bridgehead atoms. The third kappa shape index (κ3) is 4.92. The molecule has 5 heterocycles. The molecule has 1 aromatic carbocycles. The van der Waals surface area contributed by atoms with Crippen molar-refractivity contribution in [3.63, 3.8) is 0 Å². The molecule has 2 atom stereocenters. The lowest BCUT2D eigenvalue weighted by molar-refractivity contribution is -0.128. The normalized spacial score (nSPS) is 24.6. The molecule has 2 aromatic rings. The highest BCUT2D eigenvalue weighted by Gasteiger charge is 2.47. The number of hydrogen-bond acceptors (Lipinski definition) is 7. The first-order valence-electron chi connectivity index (χ1n) is 14.6. The summed E-state index contributed by atoms with van der Waals surface area (Å²) in [6.07, 6.45) is 2.08. The van der Waals surface area contributed by atoms with Crippen LogP contribution in [-0.2, 0) is 4.79 Å². The van der Waals surface area contributed by atoms with E-state index >= 15 is 8.78 Å². The van der Waals surface area contributed by atoms with E-state index in [1.165, 1.54) is 18.2 Å². The van der Waals surface area contributed by atoms with E-state index in [0.717, 1.165) is 32.6 Å². The van der Waals surface area contributed by atoms with E-state index in [2.05, 4.69) is 42.2 Å². The first-order chi connectivity index (χ1) is 20.1. The van der Waals surface area contributed by atoms with Crippen molar-refractivity contribution < 1.29 is 23.1 Å². The fraction of sp³-hybridized carbons (Fsp3) is 0.516. The molecule has 0 unspecified atom stereocenters. The molecule has 11 heteroatoms. The Hall–Kier alpha value is -3.57. The maximum absolute atomic E-state index is 16.3. The van der Waals surface area contributed by atoms with Gasteiger partial charge in [0, 0.05) is 69.5 Å². The molecule has 0 aliphatic carbocycles. The quantitative estimate of drug-likeness (QED) is 0.515. The zero-order valence-electron chi connectivity index (χ0n) is 24.5. The Balaban J connectivity index is 1.45. The summed E-state index contributed by atoms with van der Waals surface area (Å²) >= 11 is 0. The molecule has 3 saturated heterocycles. The molecule has 1 aromatic heterocycles. The summed E-state index contributed by atoms with van der Waals surface area (Å²) in [4.78, 5) is 41.5. The molecule has 2 amide bonds. The number of nitrogens with zero attached hydrogens (tertiary/aromatic N) is 6. The highest BCUT2D eigenvalue weighted by Crippen LogP contribution is 2.44. The van der Waals surface area contributed by atoms with Gasteiger partial charge in [0.2, 0.25) is 5.91 Å². The summed E-state index contributed by atoms with van der Waals surface area (Å²) in [6, 6.07) is 5.67. The SMILES string of the molecule is C=CC(=O)N1CCN2C(=O)c3c(N4C[C@@H](N5CCN(C)CC5)CC4(C)C)nc(-c4ccccc4F)c(F)c3OC[C@H]2C1. The predicted octanol–water partition coefficient (Wildman–Crippen LogP) is 2.86. The van der Waals surface area contributed by atoms with Gasteiger partial charge in [-0.15, -0.1) is 0 Å². The number of amides is 2. The zero-order chi connectivity index (χ0) is 29.8. The van der Waals surface area contributed by atoms with E-state index in [0.29, 0.717) is 18.9 Å². The Morgan fingerprint density at radius 2 is 1.81 bits per heavy atom. The van der Waals surface area contributed by atoms with Gasteiger partial charge in [0.05, 0.1) is 6.04 Å². The average Bonchev–Trinajstić information content (AvgIpc) is 3.22. The number of aromatic nitrogens is 1. The van der Waals surface area contributed by atoms with Gasteiger partial charge in [-0.3, -0.25) is 14.5 Å². The molecule has 0 radical (unpaired) electrons. The number of carbonyl (C=O) groups is 2. The maximum atomic E-state index is 16.3. The van der Waals surface area contributed by atoms with E-state index in [4.69, 9.17) is 9.72 Å². The summed E-state index contributed by atoms with van der Waals surface area (Å²) in [5.74, 6) is -1.99. The topological polar surface area (TPSA) is 72.5 Å². The van der Waals surface area contributed by atoms with Crippen molar-refractivity contribution in [1.29, 1.82) is 0 Å². The second-order valence-electron chi connectivity index (χ2n) is 12.4. The molecule has 224 valence electrons. The largest absolute Gasteiger partial charge is 0.487 e. The van der Waals surface area contributed by atoms with Gasteiger partial charge in [-0.1, -0.05) is 18.7 Å². The van der Waals surface area contributed by atoms with Crippen LogP contribution in [-0.4, -0.2) is 120 Å². The van der Waals surface area contributed by atoms with Gasteiger partial charge in [-0.2, -0.15) is 0 Å². The fourth-order valence-corrected chi connectivity index (χ4v) is 6.82. The number of halogens is 2. The van der Waals surface area contributed by atoms with Crippen LogP contribution < -0.4 is 9.64 Å². The predicted molar refractivity (Wildman–Crippen MR) is 156 cm³/mol. The Morgan fingerprint density at radius 1 is 1.07 bits per heavy atom. The van der Waals surface area contributed by atoms with Gasteiger partial charge in [0.25, 0.3) is 5.91 Å². The van der Waals surface area contributed by atoms with Crippen LogP contribution in [0.25, 0.3) is 11.3 Å². The van der Waals surface area contributed by atoms with Crippen LogP contribution in [0.15, 0.2) is 36.9 Å². The third-order valence-corrected chi connectivity index (χ3v) is 9.24. The third-order valence-electron chi connectivity index (χ3n) is 9.24. The molecule has 0 N–H and O–H groups in total. The first kappa shape index (κ1) is 28.5. The molecule has 42 heavy (non-hydrogen) atoms. The van der Waals surface area contributed by atoms with Crippen molar-refractivity contribution in [3.05, 3.63) is 54.1 Å². The number of fused-ring (bicyclic) bond motifs is 2. The van der Waals surface area contributed by atoms with E-state index in [9.17, 15) is 9.59 Å². The van der Waals surface area contributed by atoms with Crippen LogP contribution in [0.2, 0.25) is 0 Å². The minimum atomic E-state index is -0.862. The summed E-state index contributed by atoms with van der Waals surface area (Å²) in [6.45, 7) is 13.1. The monoisotopic (exact) mass is 580 g/mol. The molecule has 9 nitrogen and oxygen atoms in total. The van der Waals surface area contributed by atoms with Gasteiger partial charge in [0.15, 0.2) is 11.6 Å². The number of anilines is 1. The van der Waals surface area contributed by atoms with Gasteiger partial charge in [0.1, 0.15) is 29.5 Å². The number of likely N-dealkylation sites (N-methyl/N-ethyl adjacent to an activating group) is 1. The number of hydrogen-bond donors (Lipinski definition) is 0. The molecule has 3 fully saturated rings. The fourth-order valence-electron chi connectivity index (χ4n) is 6.82. The minimum Gasteiger partial charge on any atom is -0.487 e. The zero-order valence-corrected chi connectivity index (χ0v) is 24.5. The lowest BCUT2D eigenvalue weighted by Gasteiger charge is -2.40. The van der Waals surface area contributed by atoms with Gasteiger partial charge in [-0.25, -0.2) is 13.8 Å². The highest BCUT2D eigenvalue weighted by molar-refractivity contribution is 6.03. The second kappa shape index (κ2) is 10.9. The number of benzene rings is 1. The average molecular weight is 581 g/mol. The number of rotatable bonds is 4. The molecule has 0 spiro atoms. The van der Waals surface area contributed by atoms with Crippen LogP contribution in [0.5, 0.6) is 5.75 Å². The van der Waals surface area contributed by atoms with Crippen molar-refractivity contribution >= 4 is 17.6 Å². The van der Waals surface area contributed by atoms with E-state index in [1.54, 1.807) is 21.9 Å². The number of piperazine rings is 2. The van der Waals surface area contributed by atoms with Crippen molar-refractivity contribution in [2.75, 3.05) is 70.9 Å². The van der Waals surface area contributed by atoms with Crippen LogP contribution >= 0.6 is 0 Å². The van der Waals surface area contributed by atoms with E-state index in [-0.39, 0.29) is 54.2 Å². The minimum absolute atomic E-state index is 0.00689. The van der Waals surface area contributed by atoms with Crippen LogP contribution in [0.4, 0.5) is 14.6 Å². The lowest BCUT2D eigenvalue weighted by Crippen LogP contribution is -2.57. The molecule has 4 aliphatic heterocycles. The molecule has 6 rings (SSSR count). The van der Waals surface area contributed by atoms with Crippen LogP contribution in [0.3, 0.4) is 0 Å². The molecule has 0 saturated carbocycles. The Morgan fingerprint density at radius 3 is 2.52 bits per heavy atom. The summed E-state index contributed by atoms with van der Waals surface area (Å²) in [5, 5.41) is 0. The van der Waals surface area contributed by atoms with Crippen molar-refractivity contribution in [2.24, 2.45) is 0 Å². The van der Waals surface area contributed by atoms with Crippen LogP contribution in [0.1, 0.15) is 30.6 Å². The molecular formula is C31H38F2N6O3. The summed E-state index contributed by atoms with van der Waals surface area (Å²) in [5.41, 5.74) is -0.532. The highest BCUT2D eigenvalue weighted by atomic mass is 19.1. The van der Waals surface area contributed by atoms with Crippen LogP contribution in [0, 0.1) is 11.6 Å². The Labute approximate surface area is 245 Å². The van der Waals surface area contributed by atoms with Crippen molar-refractivity contribution in [3.8, 4) is 17.0 Å². The standard InChI is InChI=1S/C31H38F2N6O3/c1-5-24(40)37-14-15-38-21(17-37)19-42-28-25(30(38)41)29(34-27(26(28)33)22-8-6-7-9-23(22)32)39-18-20(16-31(39,2)3)36-12-10-35(4)11-13-36/h5-9,20-21H,1,10-19H2,2-4H3/t20-,21+/m0/s1. The lowest BCUT2D eigenvalue weighted by atomic mass is 9.98. The Bertz CT molecular complexity index is 1410.